The molecule has 4 nitrogen and oxygen atoms in total. The van der Waals surface area contributed by atoms with E-state index >= 15 is 0 Å². The van der Waals surface area contributed by atoms with E-state index in [0.717, 1.165) is 0 Å². The highest BCUT2D eigenvalue weighted by Gasteiger charge is 2.14. The summed E-state index contributed by atoms with van der Waals surface area (Å²) in [7, 11) is 1.47. The summed E-state index contributed by atoms with van der Waals surface area (Å²) in [4.78, 5) is 11.8. The van der Waals surface area contributed by atoms with Crippen LogP contribution in [0, 0.1) is 0 Å². The van der Waals surface area contributed by atoms with Gasteiger partial charge in [-0.2, -0.15) is 0 Å². The quantitative estimate of drug-likeness (QED) is 0.842. The minimum atomic E-state index is -0.298. The molecule has 0 spiro atoms. The van der Waals surface area contributed by atoms with Gasteiger partial charge in [-0.05, 0) is 25.1 Å². The Kier molecular flexibility index (Phi) is 4.58. The number of hydrogen-bond donors (Lipinski definition) is 2. The van der Waals surface area contributed by atoms with Crippen LogP contribution in [-0.4, -0.2) is 30.8 Å². The number of rotatable bonds is 4. The van der Waals surface area contributed by atoms with Gasteiger partial charge < -0.3 is 15.2 Å². The molecule has 1 aromatic rings. The summed E-state index contributed by atoms with van der Waals surface area (Å²) in [6.45, 7) is 1.60. The second kappa shape index (κ2) is 5.72. The fourth-order valence-electron chi connectivity index (χ4n) is 1.20. The number of carbonyl (C=O) groups is 1. The second-order valence-corrected chi connectivity index (χ2v) is 3.84. The fourth-order valence-corrected chi connectivity index (χ4v) is 1.36. The number of aliphatic hydroxyl groups excluding tert-OH is 1. The lowest BCUT2D eigenvalue weighted by Gasteiger charge is -2.13. The number of hydrogen-bond acceptors (Lipinski definition) is 3. The standard InChI is InChI=1S/C11H14ClNO3/c1-7(6-14)13-11(15)9-4-3-8(12)5-10(9)16-2/h3-5,7,14H,6H2,1-2H3,(H,13,15). The van der Waals surface area contributed by atoms with Gasteiger partial charge in [0.1, 0.15) is 5.75 Å². The summed E-state index contributed by atoms with van der Waals surface area (Å²) < 4.78 is 5.05. The number of carbonyl (C=O) groups excluding carboxylic acids is 1. The van der Waals surface area contributed by atoms with Crippen molar-refractivity contribution < 1.29 is 14.6 Å². The lowest BCUT2D eigenvalue weighted by molar-refractivity contribution is 0.0919. The van der Waals surface area contributed by atoms with Crippen LogP contribution < -0.4 is 10.1 Å². The Hall–Kier alpha value is -1.26. The van der Waals surface area contributed by atoms with Gasteiger partial charge in [-0.1, -0.05) is 11.6 Å². The van der Waals surface area contributed by atoms with E-state index in [2.05, 4.69) is 5.32 Å². The Bertz CT molecular complexity index is 381. The molecule has 2 N–H and O–H groups in total. The Morgan fingerprint density at radius 2 is 2.31 bits per heavy atom. The first-order valence-corrected chi connectivity index (χ1v) is 5.21. The molecule has 5 heteroatoms. The predicted molar refractivity (Wildman–Crippen MR) is 62.0 cm³/mol. The van der Waals surface area contributed by atoms with Gasteiger partial charge in [-0.15, -0.1) is 0 Å². The van der Waals surface area contributed by atoms with Gasteiger partial charge in [0.15, 0.2) is 0 Å². The molecule has 0 aliphatic rings. The Balaban J connectivity index is 2.90. The number of ether oxygens (including phenoxy) is 1. The summed E-state index contributed by atoms with van der Waals surface area (Å²) >= 11 is 5.78. The molecular formula is C11H14ClNO3. The Morgan fingerprint density at radius 1 is 1.62 bits per heavy atom. The van der Waals surface area contributed by atoms with E-state index < -0.39 is 0 Å². The largest absolute Gasteiger partial charge is 0.496 e. The average molecular weight is 244 g/mol. The molecule has 0 saturated heterocycles. The van der Waals surface area contributed by atoms with Crippen molar-refractivity contribution in [3.05, 3.63) is 28.8 Å². The third kappa shape index (κ3) is 3.12. The Morgan fingerprint density at radius 3 is 2.88 bits per heavy atom. The number of nitrogens with one attached hydrogen (secondary N) is 1. The van der Waals surface area contributed by atoms with Gasteiger partial charge >= 0.3 is 0 Å². The summed E-state index contributed by atoms with van der Waals surface area (Å²) in [6.07, 6.45) is 0. The summed E-state index contributed by atoms with van der Waals surface area (Å²) in [6, 6.07) is 4.47. The number of amides is 1. The highest BCUT2D eigenvalue weighted by molar-refractivity contribution is 6.30. The molecule has 0 aliphatic carbocycles. The van der Waals surface area contributed by atoms with Crippen LogP contribution in [0.3, 0.4) is 0 Å². The topological polar surface area (TPSA) is 58.6 Å². The molecule has 88 valence electrons. The molecular weight excluding hydrogens is 230 g/mol. The highest BCUT2D eigenvalue weighted by Crippen LogP contribution is 2.22. The van der Waals surface area contributed by atoms with Crippen molar-refractivity contribution in [2.24, 2.45) is 0 Å². The molecule has 0 aliphatic heterocycles. The second-order valence-electron chi connectivity index (χ2n) is 3.40. The van der Waals surface area contributed by atoms with Crippen LogP contribution in [0.25, 0.3) is 0 Å². The zero-order valence-corrected chi connectivity index (χ0v) is 9.91. The van der Waals surface area contributed by atoms with Crippen molar-refractivity contribution in [3.63, 3.8) is 0 Å². The van der Waals surface area contributed by atoms with Crippen LogP contribution in [0.5, 0.6) is 5.75 Å². The van der Waals surface area contributed by atoms with E-state index in [1.165, 1.54) is 7.11 Å². The maximum atomic E-state index is 11.8. The highest BCUT2D eigenvalue weighted by atomic mass is 35.5. The maximum Gasteiger partial charge on any atom is 0.255 e. The van der Waals surface area contributed by atoms with E-state index in [9.17, 15) is 4.79 Å². The van der Waals surface area contributed by atoms with Gasteiger partial charge in [-0.3, -0.25) is 4.79 Å². The van der Waals surface area contributed by atoms with E-state index in [-0.39, 0.29) is 18.6 Å². The summed E-state index contributed by atoms with van der Waals surface area (Å²) in [5, 5.41) is 12.0. The molecule has 0 bridgehead atoms. The first kappa shape index (κ1) is 12.8. The lowest BCUT2D eigenvalue weighted by Crippen LogP contribution is -2.35. The molecule has 16 heavy (non-hydrogen) atoms. The SMILES string of the molecule is COc1cc(Cl)ccc1C(=O)NC(C)CO. The normalized spacial score (nSPS) is 12.0. The predicted octanol–water partition coefficient (Wildman–Crippen LogP) is 1.46. The van der Waals surface area contributed by atoms with Crippen LogP contribution in [0.1, 0.15) is 17.3 Å². The third-order valence-corrected chi connectivity index (χ3v) is 2.29. The Labute approximate surface area is 99.2 Å². The van der Waals surface area contributed by atoms with Crippen molar-refractivity contribution in [1.82, 2.24) is 5.32 Å². The molecule has 0 heterocycles. The number of aliphatic hydroxyl groups is 1. The smallest absolute Gasteiger partial charge is 0.255 e. The minimum absolute atomic E-state index is 0.109. The molecule has 1 unspecified atom stereocenters. The van der Waals surface area contributed by atoms with Gasteiger partial charge in [0.25, 0.3) is 5.91 Å². The monoisotopic (exact) mass is 243 g/mol. The minimum Gasteiger partial charge on any atom is -0.496 e. The fraction of sp³-hybridized carbons (Fsp3) is 0.364. The molecule has 1 atom stereocenters. The van der Waals surface area contributed by atoms with Gasteiger partial charge in [-0.25, -0.2) is 0 Å². The first-order valence-electron chi connectivity index (χ1n) is 4.83. The molecule has 0 aromatic heterocycles. The zero-order valence-electron chi connectivity index (χ0n) is 9.16. The van der Waals surface area contributed by atoms with Crippen molar-refractivity contribution in [3.8, 4) is 5.75 Å². The molecule has 1 amide bonds. The molecule has 0 fully saturated rings. The van der Waals surface area contributed by atoms with Crippen LogP contribution >= 0.6 is 11.6 Å². The van der Waals surface area contributed by atoms with Gasteiger partial charge in [0, 0.05) is 11.1 Å². The number of methoxy groups -OCH3 is 1. The lowest BCUT2D eigenvalue weighted by atomic mass is 10.1. The van der Waals surface area contributed by atoms with Crippen LogP contribution in [0.2, 0.25) is 5.02 Å². The van der Waals surface area contributed by atoms with Crippen molar-refractivity contribution in [1.29, 1.82) is 0 Å². The molecule has 0 saturated carbocycles. The summed E-state index contributed by atoms with van der Waals surface area (Å²) in [5.41, 5.74) is 0.396. The van der Waals surface area contributed by atoms with Crippen LogP contribution in [0.15, 0.2) is 18.2 Å². The van der Waals surface area contributed by atoms with E-state index in [1.54, 1.807) is 25.1 Å². The first-order chi connectivity index (χ1) is 7.58. The van der Waals surface area contributed by atoms with Gasteiger partial charge in [0.05, 0.1) is 19.3 Å². The molecule has 1 aromatic carbocycles. The number of halogens is 1. The van der Waals surface area contributed by atoms with Crippen molar-refractivity contribution >= 4 is 17.5 Å². The van der Waals surface area contributed by atoms with Crippen molar-refractivity contribution in [2.45, 2.75) is 13.0 Å². The van der Waals surface area contributed by atoms with Crippen LogP contribution in [0.4, 0.5) is 0 Å². The average Bonchev–Trinajstić information content (AvgIpc) is 2.28. The molecule has 0 radical (unpaired) electrons. The van der Waals surface area contributed by atoms with E-state index in [0.29, 0.717) is 16.3 Å². The van der Waals surface area contributed by atoms with E-state index in [4.69, 9.17) is 21.4 Å². The maximum absolute atomic E-state index is 11.8. The van der Waals surface area contributed by atoms with E-state index in [1.807, 2.05) is 0 Å². The number of benzene rings is 1. The van der Waals surface area contributed by atoms with Gasteiger partial charge in [0.2, 0.25) is 0 Å². The summed E-state index contributed by atoms with van der Waals surface area (Å²) in [5.74, 6) is 0.116. The zero-order chi connectivity index (χ0) is 12.1. The third-order valence-electron chi connectivity index (χ3n) is 2.06. The van der Waals surface area contributed by atoms with Crippen molar-refractivity contribution in [2.75, 3.05) is 13.7 Å². The van der Waals surface area contributed by atoms with Crippen LogP contribution in [-0.2, 0) is 0 Å². The molecule has 1 rings (SSSR count).